The highest BCUT2D eigenvalue weighted by Gasteiger charge is 2.29. The molecule has 7 nitrogen and oxygen atoms in total. The second-order valence-corrected chi connectivity index (χ2v) is 8.71. The summed E-state index contributed by atoms with van der Waals surface area (Å²) in [6.45, 7) is 0. The lowest BCUT2D eigenvalue weighted by molar-refractivity contribution is 0.102. The normalized spacial score (nSPS) is 16.8. The second kappa shape index (κ2) is 7.98. The van der Waals surface area contributed by atoms with Crippen LogP contribution in [0.2, 0.25) is 5.02 Å². The van der Waals surface area contributed by atoms with Crippen LogP contribution in [0.3, 0.4) is 0 Å². The summed E-state index contributed by atoms with van der Waals surface area (Å²) in [5.74, 6) is 0.202. The van der Waals surface area contributed by atoms with Crippen molar-refractivity contribution in [3.8, 4) is 5.75 Å². The number of hydrogen-bond acceptors (Lipinski definition) is 5. The van der Waals surface area contributed by atoms with Crippen LogP contribution in [-0.4, -0.2) is 21.4 Å². The van der Waals surface area contributed by atoms with E-state index < -0.39 is 16.2 Å². The van der Waals surface area contributed by atoms with Gasteiger partial charge in [-0.25, -0.2) is 8.42 Å². The van der Waals surface area contributed by atoms with Crippen LogP contribution in [-0.2, 0) is 10.0 Å². The SMILES string of the molecule is COc1ccc(NC(=O)c2ccc(C3Nc4ccccc4S(=O)(=O)N3)cc2)cc1Cl. The molecule has 154 valence electrons. The second-order valence-electron chi connectivity index (χ2n) is 6.62. The van der Waals surface area contributed by atoms with Crippen molar-refractivity contribution in [1.29, 1.82) is 0 Å². The van der Waals surface area contributed by atoms with Gasteiger partial charge in [0, 0.05) is 11.3 Å². The van der Waals surface area contributed by atoms with Crippen molar-refractivity contribution >= 4 is 38.9 Å². The van der Waals surface area contributed by atoms with Gasteiger partial charge in [0.15, 0.2) is 0 Å². The Morgan fingerprint density at radius 1 is 1.07 bits per heavy atom. The molecule has 0 radical (unpaired) electrons. The molecule has 3 aromatic carbocycles. The lowest BCUT2D eigenvalue weighted by Crippen LogP contribution is -2.38. The smallest absolute Gasteiger partial charge is 0.255 e. The number of carbonyl (C=O) groups excluding carboxylic acids is 1. The number of ether oxygens (including phenoxy) is 1. The van der Waals surface area contributed by atoms with Crippen LogP contribution in [0, 0.1) is 0 Å². The van der Waals surface area contributed by atoms with Gasteiger partial charge in [-0.1, -0.05) is 35.9 Å². The van der Waals surface area contributed by atoms with Gasteiger partial charge in [0.2, 0.25) is 10.0 Å². The quantitative estimate of drug-likeness (QED) is 0.566. The Balaban J connectivity index is 1.51. The van der Waals surface area contributed by atoms with E-state index in [1.807, 2.05) is 0 Å². The minimum absolute atomic E-state index is 0.204. The Morgan fingerprint density at radius 2 is 1.80 bits per heavy atom. The summed E-state index contributed by atoms with van der Waals surface area (Å²) in [7, 11) is -2.12. The fourth-order valence-corrected chi connectivity index (χ4v) is 4.71. The van der Waals surface area contributed by atoms with Crippen molar-refractivity contribution in [1.82, 2.24) is 4.72 Å². The number of fused-ring (bicyclic) bond motifs is 1. The van der Waals surface area contributed by atoms with Crippen molar-refractivity contribution in [3.05, 3.63) is 82.9 Å². The van der Waals surface area contributed by atoms with Crippen LogP contribution in [0.15, 0.2) is 71.6 Å². The molecule has 3 aromatic rings. The van der Waals surface area contributed by atoms with E-state index in [0.717, 1.165) is 0 Å². The zero-order valence-corrected chi connectivity index (χ0v) is 17.4. The maximum Gasteiger partial charge on any atom is 0.255 e. The van der Waals surface area contributed by atoms with Gasteiger partial charge in [0.05, 0.1) is 17.8 Å². The average Bonchev–Trinajstić information content (AvgIpc) is 2.73. The van der Waals surface area contributed by atoms with Crippen LogP contribution in [0.4, 0.5) is 11.4 Å². The fourth-order valence-electron chi connectivity index (χ4n) is 3.15. The highest BCUT2D eigenvalue weighted by atomic mass is 35.5. The Bertz CT molecular complexity index is 1210. The summed E-state index contributed by atoms with van der Waals surface area (Å²) in [5, 5.41) is 6.32. The summed E-state index contributed by atoms with van der Waals surface area (Å²) in [5.41, 5.74) is 2.16. The van der Waals surface area contributed by atoms with Gasteiger partial charge in [-0.15, -0.1) is 0 Å². The molecule has 0 saturated heterocycles. The van der Waals surface area contributed by atoms with E-state index >= 15 is 0 Å². The van der Waals surface area contributed by atoms with Crippen LogP contribution in [0.1, 0.15) is 22.1 Å². The number of amides is 1. The van der Waals surface area contributed by atoms with E-state index in [9.17, 15) is 13.2 Å². The minimum atomic E-state index is -3.63. The number of carbonyl (C=O) groups is 1. The molecule has 1 aliphatic heterocycles. The van der Waals surface area contributed by atoms with Crippen molar-refractivity contribution in [3.63, 3.8) is 0 Å². The lowest BCUT2D eigenvalue weighted by atomic mass is 10.1. The maximum absolute atomic E-state index is 12.5. The van der Waals surface area contributed by atoms with Gasteiger partial charge in [0.1, 0.15) is 16.8 Å². The molecule has 4 rings (SSSR count). The topological polar surface area (TPSA) is 96.5 Å². The third-order valence-electron chi connectivity index (χ3n) is 4.67. The molecule has 0 aliphatic carbocycles. The third-order valence-corrected chi connectivity index (χ3v) is 6.44. The zero-order valence-electron chi connectivity index (χ0n) is 15.8. The zero-order chi connectivity index (χ0) is 21.3. The molecule has 0 saturated carbocycles. The van der Waals surface area contributed by atoms with Crippen molar-refractivity contribution in [2.24, 2.45) is 0 Å². The first-order valence-corrected chi connectivity index (χ1v) is 10.9. The molecular weight excluding hydrogens is 426 g/mol. The Morgan fingerprint density at radius 3 is 2.50 bits per heavy atom. The van der Waals surface area contributed by atoms with Gasteiger partial charge >= 0.3 is 0 Å². The van der Waals surface area contributed by atoms with Crippen molar-refractivity contribution in [2.45, 2.75) is 11.1 Å². The molecule has 0 fully saturated rings. The number of rotatable bonds is 4. The number of halogens is 1. The van der Waals surface area contributed by atoms with Crippen LogP contribution < -0.4 is 20.1 Å². The average molecular weight is 444 g/mol. The molecule has 9 heteroatoms. The summed E-state index contributed by atoms with van der Waals surface area (Å²) in [4.78, 5) is 12.7. The van der Waals surface area contributed by atoms with Crippen molar-refractivity contribution in [2.75, 3.05) is 17.7 Å². The van der Waals surface area contributed by atoms with Gasteiger partial charge < -0.3 is 15.4 Å². The highest BCUT2D eigenvalue weighted by Crippen LogP contribution is 2.31. The number of sulfonamides is 1. The summed E-state index contributed by atoms with van der Waals surface area (Å²) < 4.78 is 32.6. The number of anilines is 2. The molecule has 1 heterocycles. The minimum Gasteiger partial charge on any atom is -0.495 e. The number of nitrogens with one attached hydrogen (secondary N) is 3. The molecule has 0 aromatic heterocycles. The molecule has 0 bridgehead atoms. The molecule has 30 heavy (non-hydrogen) atoms. The first-order chi connectivity index (χ1) is 14.4. The molecule has 1 amide bonds. The number of hydrogen-bond donors (Lipinski definition) is 3. The largest absolute Gasteiger partial charge is 0.495 e. The van der Waals surface area contributed by atoms with Gasteiger partial charge in [0.25, 0.3) is 5.91 Å². The first-order valence-electron chi connectivity index (χ1n) is 9.00. The summed E-state index contributed by atoms with van der Waals surface area (Å²) >= 11 is 6.09. The van der Waals surface area contributed by atoms with E-state index in [1.54, 1.807) is 66.7 Å². The molecular formula is C21H18ClN3O4S. The Labute approximate surface area is 179 Å². The standard InChI is InChI=1S/C21H18ClN3O4S/c1-29-18-11-10-15(12-16(18)22)23-21(26)14-8-6-13(7-9-14)20-24-17-4-2-3-5-19(17)30(27,28)25-20/h2-12,20,24-25H,1H3,(H,23,26). The van der Waals surface area contributed by atoms with Crippen LogP contribution >= 0.6 is 11.6 Å². The van der Waals surface area contributed by atoms with E-state index in [4.69, 9.17) is 16.3 Å². The summed E-state index contributed by atoms with van der Waals surface area (Å²) in [6.07, 6.45) is -0.637. The first kappa shape index (κ1) is 20.2. The molecule has 0 spiro atoms. The predicted octanol–water partition coefficient (Wildman–Crippen LogP) is 4.00. The van der Waals surface area contributed by atoms with Gasteiger partial charge in [-0.2, -0.15) is 4.72 Å². The van der Waals surface area contributed by atoms with E-state index in [-0.39, 0.29) is 10.8 Å². The van der Waals surface area contributed by atoms with E-state index in [0.29, 0.717) is 33.3 Å². The van der Waals surface area contributed by atoms with E-state index in [2.05, 4.69) is 15.4 Å². The van der Waals surface area contributed by atoms with Crippen LogP contribution in [0.25, 0.3) is 0 Å². The molecule has 1 atom stereocenters. The lowest BCUT2D eigenvalue weighted by Gasteiger charge is -2.28. The predicted molar refractivity (Wildman–Crippen MR) is 116 cm³/mol. The monoisotopic (exact) mass is 443 g/mol. The number of para-hydroxylation sites is 1. The third kappa shape index (κ3) is 3.97. The molecule has 1 unspecified atom stereocenters. The van der Waals surface area contributed by atoms with Crippen LogP contribution in [0.5, 0.6) is 5.75 Å². The molecule has 3 N–H and O–H groups in total. The maximum atomic E-state index is 12.5. The molecule has 1 aliphatic rings. The van der Waals surface area contributed by atoms with Gasteiger partial charge in [-0.05, 0) is 48.0 Å². The fraction of sp³-hybridized carbons (Fsp3) is 0.0952. The number of methoxy groups -OCH3 is 1. The highest BCUT2D eigenvalue weighted by molar-refractivity contribution is 7.89. The Hall–Kier alpha value is -3.07. The summed E-state index contributed by atoms with van der Waals surface area (Å²) in [6, 6.07) is 18.3. The van der Waals surface area contributed by atoms with Gasteiger partial charge in [-0.3, -0.25) is 4.79 Å². The Kier molecular flexibility index (Phi) is 5.38. The number of benzene rings is 3. The van der Waals surface area contributed by atoms with Crippen molar-refractivity contribution < 1.29 is 17.9 Å². The van der Waals surface area contributed by atoms with E-state index in [1.165, 1.54) is 7.11 Å².